The van der Waals surface area contributed by atoms with Crippen molar-refractivity contribution in [2.75, 3.05) is 13.7 Å². The fourth-order valence-electron chi connectivity index (χ4n) is 3.47. The van der Waals surface area contributed by atoms with Gasteiger partial charge in [0.15, 0.2) is 0 Å². The summed E-state index contributed by atoms with van der Waals surface area (Å²) in [7, 11) is 1.63. The molecule has 4 rings (SSSR count). The summed E-state index contributed by atoms with van der Waals surface area (Å²) in [6, 6.07) is 12.7. The molecule has 9 heteroatoms. The van der Waals surface area contributed by atoms with Crippen LogP contribution in [0.5, 0.6) is 0 Å². The van der Waals surface area contributed by atoms with E-state index in [2.05, 4.69) is 10.1 Å². The number of halogens is 3. The Balaban J connectivity index is 1.68. The molecule has 0 amide bonds. The summed E-state index contributed by atoms with van der Waals surface area (Å²) in [5.74, 6) is -1.16. The second kappa shape index (κ2) is 8.60. The summed E-state index contributed by atoms with van der Waals surface area (Å²) < 4.78 is 20.1. The number of hydrogen-bond acceptors (Lipinski definition) is 5. The molecule has 1 saturated heterocycles. The van der Waals surface area contributed by atoms with Gasteiger partial charge in [-0.2, -0.15) is 5.10 Å². The van der Waals surface area contributed by atoms with Gasteiger partial charge in [-0.1, -0.05) is 53.0 Å². The first-order valence-electron chi connectivity index (χ1n) is 8.89. The molecule has 1 aliphatic rings. The van der Waals surface area contributed by atoms with Crippen LogP contribution in [0.4, 0.5) is 0 Å². The predicted molar refractivity (Wildman–Crippen MR) is 110 cm³/mol. The fourth-order valence-corrected chi connectivity index (χ4v) is 4.15. The van der Waals surface area contributed by atoms with Crippen LogP contribution in [-0.4, -0.2) is 34.6 Å². The second-order valence-corrected chi connectivity index (χ2v) is 7.93. The Bertz CT molecular complexity index is 969. The lowest BCUT2D eigenvalue weighted by molar-refractivity contribution is -0.199. The third-order valence-corrected chi connectivity index (χ3v) is 5.59. The van der Waals surface area contributed by atoms with E-state index in [1.165, 1.54) is 6.33 Å². The highest BCUT2D eigenvalue weighted by atomic mass is 35.5. The Hall–Kier alpha value is -1.67. The molecule has 0 saturated carbocycles. The molecule has 3 unspecified atom stereocenters. The van der Waals surface area contributed by atoms with Gasteiger partial charge >= 0.3 is 0 Å². The van der Waals surface area contributed by atoms with Gasteiger partial charge in [-0.15, -0.1) is 0 Å². The van der Waals surface area contributed by atoms with Gasteiger partial charge in [0.2, 0.25) is 5.79 Å². The summed E-state index contributed by atoms with van der Waals surface area (Å²) in [6.45, 7) is 0.566. The Labute approximate surface area is 183 Å². The molecule has 0 radical (unpaired) electrons. The zero-order chi connectivity index (χ0) is 20.4. The molecule has 2 heterocycles. The van der Waals surface area contributed by atoms with E-state index in [9.17, 15) is 0 Å². The van der Waals surface area contributed by atoms with Crippen molar-refractivity contribution >= 4 is 34.8 Å². The maximum atomic E-state index is 6.50. The van der Waals surface area contributed by atoms with Gasteiger partial charge in [0, 0.05) is 22.7 Å². The molecule has 0 bridgehead atoms. The van der Waals surface area contributed by atoms with Crippen molar-refractivity contribution in [3.8, 4) is 0 Å². The lowest BCUT2D eigenvalue weighted by atomic mass is 10.0. The molecular formula is C20H18Cl3N3O3. The molecule has 6 nitrogen and oxygen atoms in total. The van der Waals surface area contributed by atoms with E-state index in [1.807, 2.05) is 24.3 Å². The third kappa shape index (κ3) is 4.28. The molecule has 0 N–H and O–H groups in total. The Morgan fingerprint density at radius 1 is 1.17 bits per heavy atom. The maximum Gasteiger partial charge on any atom is 0.217 e. The molecule has 0 spiro atoms. The molecule has 2 aromatic carbocycles. The van der Waals surface area contributed by atoms with Crippen LogP contribution in [0.25, 0.3) is 0 Å². The highest BCUT2D eigenvalue weighted by Gasteiger charge is 2.48. The summed E-state index contributed by atoms with van der Waals surface area (Å²) in [5, 5.41) is 5.81. The minimum absolute atomic E-state index is 0.266. The van der Waals surface area contributed by atoms with Crippen LogP contribution >= 0.6 is 34.8 Å². The third-order valence-electron chi connectivity index (χ3n) is 4.79. The number of benzene rings is 2. The zero-order valence-electron chi connectivity index (χ0n) is 15.5. The van der Waals surface area contributed by atoms with Crippen molar-refractivity contribution in [3.05, 3.63) is 81.3 Å². The molecule has 1 aromatic heterocycles. The van der Waals surface area contributed by atoms with Crippen molar-refractivity contribution in [2.24, 2.45) is 0 Å². The minimum Gasteiger partial charge on any atom is -0.374 e. The van der Waals surface area contributed by atoms with Crippen LogP contribution in [0.2, 0.25) is 15.1 Å². The average Bonchev–Trinajstić information content (AvgIpc) is 3.35. The van der Waals surface area contributed by atoms with E-state index in [1.54, 1.807) is 36.3 Å². The van der Waals surface area contributed by atoms with Gasteiger partial charge in [-0.05, 0) is 29.8 Å². The minimum atomic E-state index is -1.16. The lowest BCUT2D eigenvalue weighted by Gasteiger charge is -2.30. The normalized spacial score (nSPS) is 22.7. The average molecular weight is 455 g/mol. The molecular weight excluding hydrogens is 437 g/mol. The van der Waals surface area contributed by atoms with Crippen LogP contribution in [0.3, 0.4) is 0 Å². The number of ether oxygens (including phenoxy) is 3. The van der Waals surface area contributed by atoms with Crippen molar-refractivity contribution in [1.82, 2.24) is 14.8 Å². The van der Waals surface area contributed by atoms with Gasteiger partial charge in [-0.25, -0.2) is 9.67 Å². The monoisotopic (exact) mass is 453 g/mol. The first-order chi connectivity index (χ1) is 14.0. The largest absolute Gasteiger partial charge is 0.374 e. The molecule has 1 fully saturated rings. The molecule has 1 aliphatic heterocycles. The van der Waals surface area contributed by atoms with Gasteiger partial charge < -0.3 is 14.2 Å². The number of methoxy groups -OCH3 is 1. The SMILES string of the molecule is COC(c1ccc(Cl)cc1)C1COC(Cn2cncn2)(c2ccc(Cl)cc2Cl)O1. The van der Waals surface area contributed by atoms with Crippen LogP contribution in [0.15, 0.2) is 55.1 Å². The van der Waals surface area contributed by atoms with Crippen LogP contribution in [0.1, 0.15) is 17.2 Å². The number of rotatable bonds is 6. The van der Waals surface area contributed by atoms with Gasteiger partial charge in [-0.3, -0.25) is 0 Å². The van der Waals surface area contributed by atoms with Crippen molar-refractivity contribution < 1.29 is 14.2 Å². The maximum absolute atomic E-state index is 6.50. The van der Waals surface area contributed by atoms with E-state index in [0.717, 1.165) is 5.56 Å². The molecule has 3 aromatic rings. The van der Waals surface area contributed by atoms with Gasteiger partial charge in [0.25, 0.3) is 0 Å². The number of aromatic nitrogens is 3. The summed E-state index contributed by atoms with van der Waals surface area (Å²) in [5.41, 5.74) is 1.59. The lowest BCUT2D eigenvalue weighted by Crippen LogP contribution is -2.35. The highest BCUT2D eigenvalue weighted by Crippen LogP contribution is 2.43. The number of nitrogens with zero attached hydrogens (tertiary/aromatic N) is 3. The number of hydrogen-bond donors (Lipinski definition) is 0. The smallest absolute Gasteiger partial charge is 0.217 e. The van der Waals surface area contributed by atoms with E-state index in [-0.39, 0.29) is 18.8 Å². The summed E-state index contributed by atoms with van der Waals surface area (Å²) >= 11 is 18.6. The highest BCUT2D eigenvalue weighted by molar-refractivity contribution is 6.35. The van der Waals surface area contributed by atoms with Crippen molar-refractivity contribution in [1.29, 1.82) is 0 Å². The first kappa shape index (κ1) is 20.6. The quantitative estimate of drug-likeness (QED) is 0.530. The zero-order valence-corrected chi connectivity index (χ0v) is 17.7. The van der Waals surface area contributed by atoms with E-state index < -0.39 is 5.79 Å². The van der Waals surface area contributed by atoms with Gasteiger partial charge in [0.05, 0.1) is 11.6 Å². The van der Waals surface area contributed by atoms with Crippen molar-refractivity contribution in [3.63, 3.8) is 0 Å². The summed E-state index contributed by atoms with van der Waals surface area (Å²) in [6.07, 6.45) is 2.32. The van der Waals surface area contributed by atoms with E-state index >= 15 is 0 Å². The fraction of sp³-hybridized carbons (Fsp3) is 0.300. The summed E-state index contributed by atoms with van der Waals surface area (Å²) in [4.78, 5) is 4.00. The van der Waals surface area contributed by atoms with Crippen LogP contribution < -0.4 is 0 Å². The molecule has 3 atom stereocenters. The first-order valence-corrected chi connectivity index (χ1v) is 10.0. The molecule has 29 heavy (non-hydrogen) atoms. The van der Waals surface area contributed by atoms with Gasteiger partial charge in [0.1, 0.15) is 31.4 Å². The van der Waals surface area contributed by atoms with Crippen LogP contribution in [-0.2, 0) is 26.5 Å². The van der Waals surface area contributed by atoms with E-state index in [4.69, 9.17) is 49.0 Å². The molecule has 152 valence electrons. The van der Waals surface area contributed by atoms with Crippen LogP contribution in [0, 0.1) is 0 Å². The molecule has 0 aliphatic carbocycles. The van der Waals surface area contributed by atoms with Crippen molar-refractivity contribution in [2.45, 2.75) is 24.5 Å². The standard InChI is InChI=1S/C20H18Cl3N3O3/c1-27-19(13-2-4-14(21)5-3-13)18-9-28-20(29-18,10-26-12-24-11-25-26)16-7-6-15(22)8-17(16)23/h2-8,11-12,18-19H,9-10H2,1H3. The Morgan fingerprint density at radius 3 is 2.59 bits per heavy atom. The predicted octanol–water partition coefficient (Wildman–Crippen LogP) is 4.89. The Morgan fingerprint density at radius 2 is 1.93 bits per heavy atom. The van der Waals surface area contributed by atoms with E-state index in [0.29, 0.717) is 27.2 Å². The second-order valence-electron chi connectivity index (χ2n) is 6.65. The topological polar surface area (TPSA) is 58.4 Å². The Kier molecular flexibility index (Phi) is 6.11.